The van der Waals surface area contributed by atoms with Crippen LogP contribution in [0.25, 0.3) is 0 Å². The Labute approximate surface area is 122 Å². The summed E-state index contributed by atoms with van der Waals surface area (Å²) in [5.74, 6) is 1.51. The minimum absolute atomic E-state index is 0. The molecule has 0 aliphatic carbocycles. The van der Waals surface area contributed by atoms with Crippen LogP contribution >= 0.6 is 24.0 Å². The standard InChI is InChI=1S/C12H25N3O.HI/c1-5-7-13-12(15-9-10-16-4)14-8-6-11(2)3;/h5,11H,1,6-10H2,2-4H3,(H2,13,14,15);1H. The van der Waals surface area contributed by atoms with Crippen LogP contribution in [0.5, 0.6) is 0 Å². The van der Waals surface area contributed by atoms with Gasteiger partial charge in [-0.25, -0.2) is 0 Å². The first-order valence-corrected chi connectivity index (χ1v) is 5.82. The van der Waals surface area contributed by atoms with Gasteiger partial charge in [-0.05, 0) is 12.3 Å². The fourth-order valence-corrected chi connectivity index (χ4v) is 1.05. The summed E-state index contributed by atoms with van der Waals surface area (Å²) < 4.78 is 4.97. The van der Waals surface area contributed by atoms with E-state index in [4.69, 9.17) is 4.74 Å². The average molecular weight is 355 g/mol. The van der Waals surface area contributed by atoms with Gasteiger partial charge in [0.15, 0.2) is 5.96 Å². The molecule has 17 heavy (non-hydrogen) atoms. The maximum Gasteiger partial charge on any atom is 0.191 e. The van der Waals surface area contributed by atoms with Gasteiger partial charge in [0.05, 0.1) is 6.61 Å². The first kappa shape index (κ1) is 19.0. The highest BCUT2D eigenvalue weighted by molar-refractivity contribution is 14.0. The molecule has 0 saturated heterocycles. The molecule has 0 saturated carbocycles. The Balaban J connectivity index is 0. The second-order valence-electron chi connectivity index (χ2n) is 4.00. The molecule has 102 valence electrons. The van der Waals surface area contributed by atoms with Crippen LogP contribution < -0.4 is 10.6 Å². The van der Waals surface area contributed by atoms with Gasteiger partial charge < -0.3 is 15.4 Å². The number of hydrogen-bond acceptors (Lipinski definition) is 2. The predicted octanol–water partition coefficient (Wildman–Crippen LogP) is 2.02. The molecule has 0 radical (unpaired) electrons. The fraction of sp³-hybridized carbons (Fsp3) is 0.750. The van der Waals surface area contributed by atoms with Crippen LogP contribution in [0.3, 0.4) is 0 Å². The van der Waals surface area contributed by atoms with Gasteiger partial charge in [0.1, 0.15) is 0 Å². The van der Waals surface area contributed by atoms with Crippen molar-refractivity contribution in [1.29, 1.82) is 0 Å². The Morgan fingerprint density at radius 3 is 2.65 bits per heavy atom. The number of nitrogens with zero attached hydrogens (tertiary/aromatic N) is 1. The lowest BCUT2D eigenvalue weighted by Gasteiger charge is -2.11. The zero-order valence-corrected chi connectivity index (χ0v) is 13.5. The minimum atomic E-state index is 0. The van der Waals surface area contributed by atoms with E-state index in [0.717, 1.165) is 32.0 Å². The molecule has 5 heteroatoms. The third-order valence-corrected chi connectivity index (χ3v) is 1.99. The van der Waals surface area contributed by atoms with E-state index in [9.17, 15) is 0 Å². The molecule has 0 aliphatic rings. The summed E-state index contributed by atoms with van der Waals surface area (Å²) in [5.41, 5.74) is 0. The molecule has 4 nitrogen and oxygen atoms in total. The lowest BCUT2D eigenvalue weighted by atomic mass is 10.1. The summed E-state index contributed by atoms with van der Waals surface area (Å²) in [7, 11) is 1.69. The van der Waals surface area contributed by atoms with Crippen molar-refractivity contribution in [3.8, 4) is 0 Å². The maximum atomic E-state index is 4.97. The number of hydrogen-bond donors (Lipinski definition) is 2. The number of aliphatic imine (C=N–C) groups is 1. The maximum absolute atomic E-state index is 4.97. The van der Waals surface area contributed by atoms with Gasteiger partial charge in [0, 0.05) is 26.7 Å². The normalized spacial score (nSPS) is 10.9. The van der Waals surface area contributed by atoms with Crippen molar-refractivity contribution in [1.82, 2.24) is 10.6 Å². The van der Waals surface area contributed by atoms with Crippen LogP contribution in [0.4, 0.5) is 0 Å². The summed E-state index contributed by atoms with van der Waals surface area (Å²) in [5, 5.41) is 6.36. The van der Waals surface area contributed by atoms with Crippen molar-refractivity contribution in [3.05, 3.63) is 12.7 Å². The molecule has 0 spiro atoms. The number of guanidine groups is 1. The van der Waals surface area contributed by atoms with Crippen molar-refractivity contribution < 1.29 is 4.74 Å². The highest BCUT2D eigenvalue weighted by Gasteiger charge is 1.97. The quantitative estimate of drug-likeness (QED) is 0.230. The van der Waals surface area contributed by atoms with Crippen molar-refractivity contribution in [2.75, 3.05) is 33.4 Å². The Morgan fingerprint density at radius 1 is 1.41 bits per heavy atom. The monoisotopic (exact) mass is 355 g/mol. The molecular weight excluding hydrogens is 329 g/mol. The summed E-state index contributed by atoms with van der Waals surface area (Å²) in [6.45, 7) is 11.1. The van der Waals surface area contributed by atoms with Crippen LogP contribution in [-0.2, 0) is 4.74 Å². The lowest BCUT2D eigenvalue weighted by molar-refractivity contribution is 0.203. The van der Waals surface area contributed by atoms with E-state index in [2.05, 4.69) is 36.1 Å². The van der Waals surface area contributed by atoms with Crippen molar-refractivity contribution in [3.63, 3.8) is 0 Å². The largest absolute Gasteiger partial charge is 0.383 e. The van der Waals surface area contributed by atoms with Crippen LogP contribution in [0.1, 0.15) is 20.3 Å². The topological polar surface area (TPSA) is 45.7 Å². The summed E-state index contributed by atoms with van der Waals surface area (Å²) in [6.07, 6.45) is 2.92. The number of nitrogens with one attached hydrogen (secondary N) is 2. The Hall–Kier alpha value is -0.300. The van der Waals surface area contributed by atoms with E-state index < -0.39 is 0 Å². The molecule has 0 bridgehead atoms. The molecule has 2 N–H and O–H groups in total. The van der Waals surface area contributed by atoms with Gasteiger partial charge in [-0.2, -0.15) is 0 Å². The fourth-order valence-electron chi connectivity index (χ4n) is 1.05. The SMILES string of the molecule is C=CCNC(=NCCC(C)C)NCCOC.I. The summed E-state index contributed by atoms with van der Waals surface area (Å²) in [6, 6.07) is 0. The molecule has 0 heterocycles. The second kappa shape index (κ2) is 13.8. The van der Waals surface area contributed by atoms with E-state index in [1.54, 1.807) is 7.11 Å². The van der Waals surface area contributed by atoms with E-state index in [-0.39, 0.29) is 24.0 Å². The first-order valence-electron chi connectivity index (χ1n) is 5.82. The van der Waals surface area contributed by atoms with Gasteiger partial charge >= 0.3 is 0 Å². The summed E-state index contributed by atoms with van der Waals surface area (Å²) >= 11 is 0. The van der Waals surface area contributed by atoms with Gasteiger partial charge in [0.25, 0.3) is 0 Å². The van der Waals surface area contributed by atoms with E-state index in [1.165, 1.54) is 0 Å². The molecule has 0 atom stereocenters. The average Bonchev–Trinajstić information content (AvgIpc) is 2.25. The van der Waals surface area contributed by atoms with Crippen molar-refractivity contribution in [2.24, 2.45) is 10.9 Å². The minimum Gasteiger partial charge on any atom is -0.383 e. The van der Waals surface area contributed by atoms with Gasteiger partial charge in [-0.15, -0.1) is 30.6 Å². The Bertz CT molecular complexity index is 208. The lowest BCUT2D eigenvalue weighted by Crippen LogP contribution is -2.39. The van der Waals surface area contributed by atoms with Crippen molar-refractivity contribution in [2.45, 2.75) is 20.3 Å². The van der Waals surface area contributed by atoms with E-state index >= 15 is 0 Å². The van der Waals surface area contributed by atoms with Crippen LogP contribution in [0.2, 0.25) is 0 Å². The summed E-state index contributed by atoms with van der Waals surface area (Å²) in [4.78, 5) is 4.46. The third kappa shape index (κ3) is 13.6. The zero-order valence-electron chi connectivity index (χ0n) is 11.2. The zero-order chi connectivity index (χ0) is 12.2. The van der Waals surface area contributed by atoms with Crippen LogP contribution in [0.15, 0.2) is 17.6 Å². The highest BCUT2D eigenvalue weighted by Crippen LogP contribution is 1.98. The molecule has 0 aromatic heterocycles. The predicted molar refractivity (Wildman–Crippen MR) is 85.3 cm³/mol. The van der Waals surface area contributed by atoms with Gasteiger partial charge in [-0.3, -0.25) is 4.99 Å². The van der Waals surface area contributed by atoms with Gasteiger partial charge in [0.2, 0.25) is 0 Å². The molecule has 0 fully saturated rings. The molecule has 0 rings (SSSR count). The molecular formula is C12H26IN3O. The first-order chi connectivity index (χ1) is 7.70. The Kier molecular flexibility index (Phi) is 15.4. The molecule has 0 unspecified atom stereocenters. The third-order valence-electron chi connectivity index (χ3n) is 1.99. The van der Waals surface area contributed by atoms with Crippen LogP contribution in [0, 0.1) is 5.92 Å². The number of rotatable bonds is 8. The Morgan fingerprint density at radius 2 is 2.12 bits per heavy atom. The molecule has 0 aromatic rings. The number of ether oxygens (including phenoxy) is 1. The highest BCUT2D eigenvalue weighted by atomic mass is 127. The van der Waals surface area contributed by atoms with Crippen LogP contribution in [-0.4, -0.2) is 39.3 Å². The number of methoxy groups -OCH3 is 1. The van der Waals surface area contributed by atoms with Crippen molar-refractivity contribution >= 4 is 29.9 Å². The number of halogens is 1. The molecule has 0 aliphatic heterocycles. The van der Waals surface area contributed by atoms with Gasteiger partial charge in [-0.1, -0.05) is 19.9 Å². The van der Waals surface area contributed by atoms with E-state index in [1.807, 2.05) is 6.08 Å². The molecule has 0 aromatic carbocycles. The smallest absolute Gasteiger partial charge is 0.191 e. The molecule has 0 amide bonds. The second-order valence-corrected chi connectivity index (χ2v) is 4.00. The van der Waals surface area contributed by atoms with E-state index in [0.29, 0.717) is 12.5 Å².